The number of nitrogens with zero attached hydrogens (tertiary/aromatic N) is 3. The van der Waals surface area contributed by atoms with Gasteiger partial charge in [-0.3, -0.25) is 4.79 Å². The molecular formula is C20H26N4OS. The monoisotopic (exact) mass is 370 g/mol. The highest BCUT2D eigenvalue weighted by Gasteiger charge is 2.18. The summed E-state index contributed by atoms with van der Waals surface area (Å²) in [6.45, 7) is 8.41. The number of benzene rings is 1. The van der Waals surface area contributed by atoms with Gasteiger partial charge in [-0.05, 0) is 44.2 Å². The number of aromatic nitrogens is 2. The maximum absolute atomic E-state index is 12.3. The second-order valence-electron chi connectivity index (χ2n) is 7.06. The smallest absolute Gasteiger partial charge is 0.234 e. The fourth-order valence-electron chi connectivity index (χ4n) is 3.26. The zero-order valence-electron chi connectivity index (χ0n) is 15.7. The molecule has 1 aromatic carbocycles. The molecule has 0 bridgehead atoms. The summed E-state index contributed by atoms with van der Waals surface area (Å²) in [5.41, 5.74) is 3.13. The number of thioether (sulfide) groups is 1. The molecule has 6 heteroatoms. The lowest BCUT2D eigenvalue weighted by molar-refractivity contribution is -0.113. The van der Waals surface area contributed by atoms with Crippen LogP contribution in [0, 0.1) is 19.8 Å². The fourth-order valence-corrected chi connectivity index (χ4v) is 3.92. The Kier molecular flexibility index (Phi) is 6.14. The van der Waals surface area contributed by atoms with Crippen molar-refractivity contribution < 1.29 is 4.79 Å². The first kappa shape index (κ1) is 18.7. The van der Waals surface area contributed by atoms with E-state index in [1.807, 2.05) is 32.0 Å². The molecule has 26 heavy (non-hydrogen) atoms. The lowest BCUT2D eigenvalue weighted by Crippen LogP contribution is -2.34. The molecule has 1 aromatic heterocycles. The first-order chi connectivity index (χ1) is 12.5. The van der Waals surface area contributed by atoms with E-state index < -0.39 is 0 Å². The van der Waals surface area contributed by atoms with Crippen molar-refractivity contribution in [2.45, 2.75) is 38.6 Å². The van der Waals surface area contributed by atoms with E-state index in [0.717, 1.165) is 35.2 Å². The van der Waals surface area contributed by atoms with Crippen LogP contribution in [0.15, 0.2) is 35.6 Å². The Balaban J connectivity index is 1.57. The minimum Gasteiger partial charge on any atom is -0.356 e. The summed E-state index contributed by atoms with van der Waals surface area (Å²) in [5.74, 6) is 1.97. The zero-order chi connectivity index (χ0) is 18.5. The summed E-state index contributed by atoms with van der Waals surface area (Å²) in [5, 5.41) is 3.81. The highest BCUT2D eigenvalue weighted by molar-refractivity contribution is 7.99. The molecule has 1 fully saturated rings. The Morgan fingerprint density at radius 2 is 2.15 bits per heavy atom. The second-order valence-corrected chi connectivity index (χ2v) is 8.06. The molecular weight excluding hydrogens is 344 g/mol. The molecule has 138 valence electrons. The topological polar surface area (TPSA) is 58.1 Å². The predicted octanol–water partition coefficient (Wildman–Crippen LogP) is 4.06. The Labute approximate surface area is 159 Å². The van der Waals surface area contributed by atoms with E-state index in [1.54, 1.807) is 6.33 Å². The number of hydrogen-bond acceptors (Lipinski definition) is 5. The average Bonchev–Trinajstić information content (AvgIpc) is 2.63. The van der Waals surface area contributed by atoms with E-state index in [1.165, 1.54) is 30.2 Å². The summed E-state index contributed by atoms with van der Waals surface area (Å²) < 4.78 is 0. The molecule has 1 atom stereocenters. The number of nitrogens with one attached hydrogen (secondary N) is 1. The van der Waals surface area contributed by atoms with Gasteiger partial charge in [0, 0.05) is 24.8 Å². The number of rotatable bonds is 5. The van der Waals surface area contributed by atoms with E-state index in [9.17, 15) is 4.79 Å². The fraction of sp³-hybridized carbons (Fsp3) is 0.450. The van der Waals surface area contributed by atoms with E-state index in [0.29, 0.717) is 11.7 Å². The molecule has 0 aliphatic carbocycles. The summed E-state index contributed by atoms with van der Waals surface area (Å²) in [7, 11) is 0. The lowest BCUT2D eigenvalue weighted by atomic mass is 10.0. The van der Waals surface area contributed by atoms with Crippen LogP contribution in [0.4, 0.5) is 11.5 Å². The molecule has 2 heterocycles. The third-order valence-electron chi connectivity index (χ3n) is 4.62. The second kappa shape index (κ2) is 8.54. The van der Waals surface area contributed by atoms with E-state index in [2.05, 4.69) is 33.2 Å². The van der Waals surface area contributed by atoms with Crippen molar-refractivity contribution in [2.24, 2.45) is 5.92 Å². The standard InChI is InChI=1S/C20H26N4OS/c1-14-6-7-17(16(3)9-14)23-19(25)12-26-20-10-18(21-13-22-20)24-8-4-5-15(2)11-24/h6-7,9-10,13,15H,4-5,8,11-12H2,1-3H3,(H,23,25)/t15-/m0/s1. The summed E-state index contributed by atoms with van der Waals surface area (Å²) in [6, 6.07) is 8.02. The van der Waals surface area contributed by atoms with Crippen molar-refractivity contribution in [2.75, 3.05) is 29.1 Å². The minimum atomic E-state index is -0.0197. The number of piperidine rings is 1. The first-order valence-electron chi connectivity index (χ1n) is 9.08. The number of aryl methyl sites for hydroxylation is 2. The van der Waals surface area contributed by atoms with Crippen LogP contribution in [0.2, 0.25) is 0 Å². The number of carbonyl (C=O) groups is 1. The molecule has 1 amide bonds. The number of amides is 1. The molecule has 0 unspecified atom stereocenters. The Morgan fingerprint density at radius 1 is 1.31 bits per heavy atom. The molecule has 3 rings (SSSR count). The van der Waals surface area contributed by atoms with Gasteiger partial charge in [0.25, 0.3) is 0 Å². The van der Waals surface area contributed by atoms with Crippen LogP contribution < -0.4 is 10.2 Å². The van der Waals surface area contributed by atoms with Crippen molar-refractivity contribution in [1.82, 2.24) is 9.97 Å². The molecule has 0 spiro atoms. The van der Waals surface area contributed by atoms with E-state index >= 15 is 0 Å². The number of carbonyl (C=O) groups excluding carboxylic acids is 1. The maximum Gasteiger partial charge on any atom is 0.234 e. The van der Waals surface area contributed by atoms with Crippen molar-refractivity contribution in [1.29, 1.82) is 0 Å². The van der Waals surface area contributed by atoms with Crippen LogP contribution in [0.25, 0.3) is 0 Å². The van der Waals surface area contributed by atoms with Crippen LogP contribution in [-0.4, -0.2) is 34.7 Å². The maximum atomic E-state index is 12.3. The SMILES string of the molecule is Cc1ccc(NC(=O)CSc2cc(N3CCC[C@H](C)C3)ncn2)c(C)c1. The number of hydrogen-bond donors (Lipinski definition) is 1. The quantitative estimate of drug-likeness (QED) is 0.635. The van der Waals surface area contributed by atoms with Gasteiger partial charge in [-0.25, -0.2) is 9.97 Å². The highest BCUT2D eigenvalue weighted by atomic mass is 32.2. The van der Waals surface area contributed by atoms with Crippen LogP contribution in [-0.2, 0) is 4.79 Å². The number of anilines is 2. The predicted molar refractivity (Wildman–Crippen MR) is 108 cm³/mol. The third kappa shape index (κ3) is 4.97. The zero-order valence-corrected chi connectivity index (χ0v) is 16.5. The summed E-state index contributed by atoms with van der Waals surface area (Å²) >= 11 is 1.45. The van der Waals surface area contributed by atoms with Gasteiger partial charge < -0.3 is 10.2 Å². The van der Waals surface area contributed by atoms with Gasteiger partial charge in [0.05, 0.1) is 5.75 Å². The van der Waals surface area contributed by atoms with Crippen molar-refractivity contribution in [3.63, 3.8) is 0 Å². The molecule has 5 nitrogen and oxygen atoms in total. The van der Waals surface area contributed by atoms with Crippen molar-refractivity contribution >= 4 is 29.2 Å². The molecule has 1 saturated heterocycles. The first-order valence-corrected chi connectivity index (χ1v) is 10.1. The largest absolute Gasteiger partial charge is 0.356 e. The Morgan fingerprint density at radius 3 is 2.92 bits per heavy atom. The average molecular weight is 371 g/mol. The summed E-state index contributed by atoms with van der Waals surface area (Å²) in [6.07, 6.45) is 4.08. The van der Waals surface area contributed by atoms with Crippen molar-refractivity contribution in [3.05, 3.63) is 41.7 Å². The lowest BCUT2D eigenvalue weighted by Gasteiger charge is -2.31. The minimum absolute atomic E-state index is 0.0197. The van der Waals surface area contributed by atoms with Crippen LogP contribution in [0.3, 0.4) is 0 Å². The van der Waals surface area contributed by atoms with Gasteiger partial charge in [-0.1, -0.05) is 36.4 Å². The normalized spacial score (nSPS) is 17.2. The van der Waals surface area contributed by atoms with Crippen molar-refractivity contribution in [3.8, 4) is 0 Å². The van der Waals surface area contributed by atoms with E-state index in [4.69, 9.17) is 0 Å². The molecule has 0 radical (unpaired) electrons. The molecule has 1 N–H and O–H groups in total. The van der Waals surface area contributed by atoms with Gasteiger partial charge in [0.1, 0.15) is 17.2 Å². The molecule has 1 aliphatic heterocycles. The van der Waals surface area contributed by atoms with Crippen LogP contribution in [0.1, 0.15) is 30.9 Å². The van der Waals surface area contributed by atoms with Crippen LogP contribution >= 0.6 is 11.8 Å². The van der Waals surface area contributed by atoms with Gasteiger partial charge in [-0.15, -0.1) is 0 Å². The third-order valence-corrected chi connectivity index (χ3v) is 5.54. The molecule has 2 aromatic rings. The summed E-state index contributed by atoms with van der Waals surface area (Å²) in [4.78, 5) is 23.3. The van der Waals surface area contributed by atoms with Gasteiger partial charge in [0.15, 0.2) is 0 Å². The van der Waals surface area contributed by atoms with Gasteiger partial charge in [0.2, 0.25) is 5.91 Å². The van der Waals surface area contributed by atoms with E-state index in [-0.39, 0.29) is 5.91 Å². The molecule has 1 aliphatic rings. The molecule has 0 saturated carbocycles. The van der Waals surface area contributed by atoms with Gasteiger partial charge in [-0.2, -0.15) is 0 Å². The van der Waals surface area contributed by atoms with Crippen LogP contribution in [0.5, 0.6) is 0 Å². The van der Waals surface area contributed by atoms with Gasteiger partial charge >= 0.3 is 0 Å². The highest BCUT2D eigenvalue weighted by Crippen LogP contribution is 2.24. The Bertz CT molecular complexity index is 780. The Hall–Kier alpha value is -2.08.